The molecule has 1 saturated heterocycles. The number of sulfone groups is 1. The van der Waals surface area contributed by atoms with Gasteiger partial charge in [-0.2, -0.15) is 0 Å². The zero-order valence-electron chi connectivity index (χ0n) is 15.5. The van der Waals surface area contributed by atoms with Crippen molar-refractivity contribution in [2.75, 3.05) is 18.0 Å². The number of rotatable bonds is 4. The van der Waals surface area contributed by atoms with Crippen LogP contribution in [0, 0.1) is 17.5 Å². The van der Waals surface area contributed by atoms with Crippen LogP contribution in [0.1, 0.15) is 12.8 Å². The molecular formula is C20H16ClF3N2O2S2. The summed E-state index contributed by atoms with van der Waals surface area (Å²) in [6, 6.07) is 6.69. The molecule has 1 aromatic heterocycles. The van der Waals surface area contributed by atoms with E-state index in [0.717, 1.165) is 12.1 Å². The molecule has 0 unspecified atom stereocenters. The number of piperidine rings is 1. The molecule has 4 nitrogen and oxygen atoms in total. The Labute approximate surface area is 180 Å². The molecule has 1 aliphatic rings. The van der Waals surface area contributed by atoms with Crippen LogP contribution in [0.5, 0.6) is 0 Å². The van der Waals surface area contributed by atoms with E-state index in [1.807, 2.05) is 4.90 Å². The number of halogens is 4. The molecule has 3 aromatic rings. The molecule has 2 aromatic carbocycles. The van der Waals surface area contributed by atoms with Gasteiger partial charge in [0.15, 0.2) is 15.0 Å². The van der Waals surface area contributed by atoms with E-state index in [0.29, 0.717) is 48.4 Å². The second-order valence-electron chi connectivity index (χ2n) is 6.98. The van der Waals surface area contributed by atoms with Gasteiger partial charge in [-0.1, -0.05) is 11.6 Å². The monoisotopic (exact) mass is 472 g/mol. The summed E-state index contributed by atoms with van der Waals surface area (Å²) in [7, 11) is -3.90. The maximum atomic E-state index is 14.0. The largest absolute Gasteiger partial charge is 0.348 e. The minimum absolute atomic E-state index is 0.276. The van der Waals surface area contributed by atoms with Gasteiger partial charge in [-0.3, -0.25) is 0 Å². The Morgan fingerprint density at radius 3 is 2.43 bits per heavy atom. The summed E-state index contributed by atoms with van der Waals surface area (Å²) >= 11 is 7.28. The van der Waals surface area contributed by atoms with Gasteiger partial charge in [-0.25, -0.2) is 26.6 Å². The molecule has 4 rings (SSSR count). The first-order valence-corrected chi connectivity index (χ1v) is 11.9. The number of benzene rings is 2. The Morgan fingerprint density at radius 2 is 1.77 bits per heavy atom. The van der Waals surface area contributed by atoms with Crippen molar-refractivity contribution in [1.82, 2.24) is 4.98 Å². The summed E-state index contributed by atoms with van der Waals surface area (Å²) in [5.41, 5.74) is 1.14. The van der Waals surface area contributed by atoms with E-state index in [9.17, 15) is 21.6 Å². The molecule has 0 N–H and O–H groups in total. The number of aromatic nitrogens is 1. The van der Waals surface area contributed by atoms with Crippen LogP contribution in [0.2, 0.25) is 5.02 Å². The zero-order chi connectivity index (χ0) is 21.5. The Morgan fingerprint density at radius 1 is 1.03 bits per heavy atom. The number of hydrogen-bond acceptors (Lipinski definition) is 5. The third-order valence-corrected chi connectivity index (χ3v) is 8.42. The van der Waals surface area contributed by atoms with Crippen LogP contribution in [-0.4, -0.2) is 31.7 Å². The normalized spacial score (nSPS) is 15.5. The predicted octanol–water partition coefficient (Wildman–Crippen LogP) is 5.32. The molecule has 1 fully saturated rings. The van der Waals surface area contributed by atoms with Gasteiger partial charge in [-0.15, -0.1) is 11.3 Å². The van der Waals surface area contributed by atoms with Crippen molar-refractivity contribution in [2.24, 2.45) is 0 Å². The minimum atomic E-state index is -3.90. The van der Waals surface area contributed by atoms with Crippen molar-refractivity contribution >= 4 is 37.9 Å². The maximum Gasteiger partial charge on any atom is 0.185 e. The van der Waals surface area contributed by atoms with E-state index >= 15 is 0 Å². The molecule has 2 heterocycles. The maximum absolute atomic E-state index is 14.0. The van der Waals surface area contributed by atoms with Crippen LogP contribution in [0.25, 0.3) is 11.3 Å². The van der Waals surface area contributed by atoms with Gasteiger partial charge < -0.3 is 4.90 Å². The SMILES string of the molecule is O=S(=O)(c1ccc(F)cc1F)C1CCN(c2nc(-c3cc(F)cc(Cl)c3)cs2)CC1. The summed E-state index contributed by atoms with van der Waals surface area (Å²) in [5.74, 6) is -2.35. The summed E-state index contributed by atoms with van der Waals surface area (Å²) in [6.45, 7) is 0.840. The molecule has 0 aliphatic carbocycles. The van der Waals surface area contributed by atoms with E-state index in [1.165, 1.54) is 23.5 Å². The number of nitrogens with zero attached hydrogens (tertiary/aromatic N) is 2. The standard InChI is InChI=1S/C20H16ClF3N2O2S2/c21-13-7-12(8-15(23)9-13)18-11-29-20(25-18)26-5-3-16(4-6-26)30(27,28)19-2-1-14(22)10-17(19)24/h1-2,7-11,16H,3-6H2. The quantitative estimate of drug-likeness (QED) is 0.482. The number of hydrogen-bond donors (Lipinski definition) is 0. The Bertz CT molecular complexity index is 1170. The Kier molecular flexibility index (Phi) is 5.78. The molecule has 10 heteroatoms. The lowest BCUT2D eigenvalue weighted by atomic mass is 10.1. The molecule has 0 amide bonds. The molecule has 1 aliphatic heterocycles. The molecule has 0 spiro atoms. The third-order valence-electron chi connectivity index (χ3n) is 5.00. The van der Waals surface area contributed by atoms with Crippen molar-refractivity contribution in [3.8, 4) is 11.3 Å². The fourth-order valence-corrected chi connectivity index (χ4v) is 6.38. The highest BCUT2D eigenvalue weighted by atomic mass is 35.5. The smallest absolute Gasteiger partial charge is 0.185 e. The highest BCUT2D eigenvalue weighted by Crippen LogP contribution is 2.33. The van der Waals surface area contributed by atoms with E-state index in [1.54, 1.807) is 11.4 Å². The van der Waals surface area contributed by atoms with Gasteiger partial charge in [0, 0.05) is 35.1 Å². The van der Waals surface area contributed by atoms with Crippen LogP contribution in [0.3, 0.4) is 0 Å². The fourth-order valence-electron chi connectivity index (χ4n) is 3.49. The van der Waals surface area contributed by atoms with Crippen LogP contribution < -0.4 is 4.90 Å². The van der Waals surface area contributed by atoms with Gasteiger partial charge in [0.05, 0.1) is 10.9 Å². The molecule has 0 atom stereocenters. The lowest BCUT2D eigenvalue weighted by molar-refractivity contribution is 0.516. The Balaban J connectivity index is 1.48. The van der Waals surface area contributed by atoms with Gasteiger partial charge in [-0.05, 0) is 43.2 Å². The first kappa shape index (κ1) is 21.1. The van der Waals surface area contributed by atoms with E-state index < -0.39 is 37.4 Å². The van der Waals surface area contributed by atoms with Gasteiger partial charge in [0.2, 0.25) is 0 Å². The zero-order valence-corrected chi connectivity index (χ0v) is 17.9. The molecule has 158 valence electrons. The molecule has 0 radical (unpaired) electrons. The Hall–Kier alpha value is -2.10. The summed E-state index contributed by atoms with van der Waals surface area (Å²) in [5, 5.41) is 2.00. The highest BCUT2D eigenvalue weighted by Gasteiger charge is 2.34. The van der Waals surface area contributed by atoms with Gasteiger partial charge in [0.25, 0.3) is 0 Å². The van der Waals surface area contributed by atoms with Gasteiger partial charge in [0.1, 0.15) is 22.3 Å². The summed E-state index contributed by atoms with van der Waals surface area (Å²) in [6.07, 6.45) is 0.583. The molecule has 30 heavy (non-hydrogen) atoms. The van der Waals surface area contributed by atoms with Crippen LogP contribution >= 0.6 is 22.9 Å². The van der Waals surface area contributed by atoms with Crippen molar-refractivity contribution in [3.63, 3.8) is 0 Å². The second-order valence-corrected chi connectivity index (χ2v) is 10.4. The third kappa shape index (κ3) is 4.19. The lowest BCUT2D eigenvalue weighted by Crippen LogP contribution is -2.39. The first-order chi connectivity index (χ1) is 14.2. The van der Waals surface area contributed by atoms with E-state index in [2.05, 4.69) is 4.98 Å². The lowest BCUT2D eigenvalue weighted by Gasteiger charge is -2.31. The van der Waals surface area contributed by atoms with Crippen molar-refractivity contribution in [3.05, 3.63) is 64.3 Å². The summed E-state index contributed by atoms with van der Waals surface area (Å²) in [4.78, 5) is 6.00. The molecular weight excluding hydrogens is 457 g/mol. The van der Waals surface area contributed by atoms with Gasteiger partial charge >= 0.3 is 0 Å². The van der Waals surface area contributed by atoms with Crippen molar-refractivity contribution in [1.29, 1.82) is 0 Å². The average Bonchev–Trinajstić information content (AvgIpc) is 3.17. The van der Waals surface area contributed by atoms with Crippen molar-refractivity contribution < 1.29 is 21.6 Å². The number of anilines is 1. The molecule has 0 saturated carbocycles. The average molecular weight is 473 g/mol. The second kappa shape index (κ2) is 8.20. The van der Waals surface area contributed by atoms with Crippen molar-refractivity contribution in [2.45, 2.75) is 23.0 Å². The first-order valence-electron chi connectivity index (χ1n) is 9.10. The van der Waals surface area contributed by atoms with E-state index in [-0.39, 0.29) is 5.02 Å². The van der Waals surface area contributed by atoms with Crippen LogP contribution in [0.15, 0.2) is 46.7 Å². The minimum Gasteiger partial charge on any atom is -0.348 e. The topological polar surface area (TPSA) is 50.3 Å². The number of thiazole rings is 1. The summed E-state index contributed by atoms with van der Waals surface area (Å²) < 4.78 is 66.2. The predicted molar refractivity (Wildman–Crippen MR) is 111 cm³/mol. The fraction of sp³-hybridized carbons (Fsp3) is 0.250. The molecule has 0 bridgehead atoms. The van der Waals surface area contributed by atoms with Crippen LogP contribution in [-0.2, 0) is 9.84 Å². The highest BCUT2D eigenvalue weighted by molar-refractivity contribution is 7.92. The van der Waals surface area contributed by atoms with E-state index in [4.69, 9.17) is 11.6 Å². The van der Waals surface area contributed by atoms with Crippen LogP contribution in [0.4, 0.5) is 18.3 Å².